The maximum Gasteiger partial charge on any atom is 0.320 e. The molecular formula is C19H34N6O. The van der Waals surface area contributed by atoms with E-state index in [1.807, 2.05) is 19.0 Å². The van der Waals surface area contributed by atoms with Crippen LogP contribution in [-0.2, 0) is 6.54 Å². The molecule has 2 fully saturated rings. The van der Waals surface area contributed by atoms with Crippen LogP contribution >= 0.6 is 0 Å². The van der Waals surface area contributed by atoms with Gasteiger partial charge < -0.3 is 20.0 Å². The number of nitrogens with zero attached hydrogens (tertiary/aromatic N) is 4. The normalized spacial score (nSPS) is 26.5. The van der Waals surface area contributed by atoms with Crippen LogP contribution in [0.15, 0.2) is 6.20 Å². The van der Waals surface area contributed by atoms with Crippen molar-refractivity contribution in [3.63, 3.8) is 0 Å². The molecule has 0 aromatic carbocycles. The topological polar surface area (TPSA) is 67.5 Å². The number of hydrogen-bond donors (Lipinski definition) is 2. The first-order valence-corrected chi connectivity index (χ1v) is 9.89. The van der Waals surface area contributed by atoms with E-state index in [1.165, 1.54) is 11.3 Å². The summed E-state index contributed by atoms with van der Waals surface area (Å²) in [6.45, 7) is 6.71. The van der Waals surface area contributed by atoms with Crippen LogP contribution in [0.4, 0.5) is 4.79 Å². The zero-order valence-electron chi connectivity index (χ0n) is 16.7. The summed E-state index contributed by atoms with van der Waals surface area (Å²) >= 11 is 0. The SMILES string of the molecule is CCN1C(=O)N(C)CC12CCC(c1n[nH]cc1CN(C)CCNC)CC2. The second kappa shape index (κ2) is 7.96. The zero-order valence-corrected chi connectivity index (χ0v) is 16.7. The van der Waals surface area contributed by atoms with Gasteiger partial charge in [0.1, 0.15) is 0 Å². The first-order chi connectivity index (χ1) is 12.5. The van der Waals surface area contributed by atoms with Gasteiger partial charge in [-0.15, -0.1) is 0 Å². The fourth-order valence-corrected chi connectivity index (χ4v) is 4.81. The van der Waals surface area contributed by atoms with Crippen molar-refractivity contribution in [1.82, 2.24) is 30.2 Å². The minimum atomic E-state index is 0.0388. The number of nitrogens with one attached hydrogen (secondary N) is 2. The molecule has 2 aliphatic rings. The molecule has 2 amide bonds. The average molecular weight is 363 g/mol. The Morgan fingerprint density at radius 2 is 2.15 bits per heavy atom. The lowest BCUT2D eigenvalue weighted by Gasteiger charge is -2.42. The van der Waals surface area contributed by atoms with Gasteiger partial charge in [-0.25, -0.2) is 4.79 Å². The summed E-state index contributed by atoms with van der Waals surface area (Å²) in [5, 5.41) is 10.9. The van der Waals surface area contributed by atoms with Crippen molar-refractivity contribution in [3.05, 3.63) is 17.5 Å². The maximum atomic E-state index is 12.4. The summed E-state index contributed by atoms with van der Waals surface area (Å²) in [4.78, 5) is 18.7. The van der Waals surface area contributed by atoms with Crippen LogP contribution in [0.25, 0.3) is 0 Å². The number of aromatic nitrogens is 2. The van der Waals surface area contributed by atoms with Crippen LogP contribution in [0.3, 0.4) is 0 Å². The summed E-state index contributed by atoms with van der Waals surface area (Å²) in [5.41, 5.74) is 2.59. The maximum absolute atomic E-state index is 12.4. The van der Waals surface area contributed by atoms with Gasteiger partial charge in [0.25, 0.3) is 0 Å². The summed E-state index contributed by atoms with van der Waals surface area (Å²) in [7, 11) is 6.07. The average Bonchev–Trinajstić information content (AvgIpc) is 3.17. The molecule has 26 heavy (non-hydrogen) atoms. The molecule has 1 aliphatic carbocycles. The third kappa shape index (κ3) is 3.60. The third-order valence-corrected chi connectivity index (χ3v) is 6.22. The van der Waals surface area contributed by atoms with Gasteiger partial charge in [0, 0.05) is 57.4 Å². The molecule has 0 unspecified atom stereocenters. The first-order valence-electron chi connectivity index (χ1n) is 9.89. The Morgan fingerprint density at radius 3 is 2.81 bits per heavy atom. The van der Waals surface area contributed by atoms with Crippen LogP contribution < -0.4 is 5.32 Å². The van der Waals surface area contributed by atoms with E-state index in [4.69, 9.17) is 0 Å². The monoisotopic (exact) mass is 362 g/mol. The standard InChI is InChI=1S/C19H34N6O/c1-5-25-18(26)24(4)14-19(25)8-6-15(7-9-19)17-16(12-21-22-17)13-23(3)11-10-20-2/h12,15,20H,5-11,13-14H2,1-4H3,(H,21,22). The van der Waals surface area contributed by atoms with E-state index < -0.39 is 0 Å². The van der Waals surface area contributed by atoms with E-state index in [1.54, 1.807) is 0 Å². The van der Waals surface area contributed by atoms with Gasteiger partial charge >= 0.3 is 6.03 Å². The number of amides is 2. The van der Waals surface area contributed by atoms with Crippen molar-refractivity contribution in [2.45, 2.75) is 50.6 Å². The minimum Gasteiger partial charge on any atom is -0.325 e. The molecule has 2 N–H and O–H groups in total. The third-order valence-electron chi connectivity index (χ3n) is 6.22. The number of H-pyrrole nitrogens is 1. The fraction of sp³-hybridized carbons (Fsp3) is 0.789. The van der Waals surface area contributed by atoms with Gasteiger partial charge in [0.2, 0.25) is 0 Å². The second-order valence-electron chi connectivity index (χ2n) is 8.02. The highest BCUT2D eigenvalue weighted by atomic mass is 16.2. The highest BCUT2D eigenvalue weighted by Gasteiger charge is 2.49. The van der Waals surface area contributed by atoms with E-state index in [2.05, 4.69) is 45.5 Å². The highest BCUT2D eigenvalue weighted by molar-refractivity contribution is 5.78. The van der Waals surface area contributed by atoms with Crippen LogP contribution in [0.2, 0.25) is 0 Å². The molecule has 2 heterocycles. The van der Waals surface area contributed by atoms with Gasteiger partial charge in [-0.2, -0.15) is 5.10 Å². The van der Waals surface area contributed by atoms with Crippen molar-refractivity contribution in [2.24, 2.45) is 0 Å². The molecule has 1 saturated carbocycles. The van der Waals surface area contributed by atoms with Gasteiger partial charge in [0.15, 0.2) is 0 Å². The fourth-order valence-electron chi connectivity index (χ4n) is 4.81. The van der Waals surface area contributed by atoms with E-state index in [9.17, 15) is 4.79 Å². The Hall–Kier alpha value is -1.60. The van der Waals surface area contributed by atoms with Crippen LogP contribution in [-0.4, -0.2) is 83.8 Å². The zero-order chi connectivity index (χ0) is 18.7. The molecule has 146 valence electrons. The number of hydrogen-bond acceptors (Lipinski definition) is 4. The summed E-state index contributed by atoms with van der Waals surface area (Å²) in [6, 6.07) is 0.192. The number of likely N-dealkylation sites (N-methyl/N-ethyl adjacent to an activating group) is 4. The molecular weight excluding hydrogens is 328 g/mol. The molecule has 1 aliphatic heterocycles. The number of urea groups is 1. The lowest BCUT2D eigenvalue weighted by molar-refractivity contribution is 0.116. The highest BCUT2D eigenvalue weighted by Crippen LogP contribution is 2.44. The molecule has 0 atom stereocenters. The smallest absolute Gasteiger partial charge is 0.320 e. The van der Waals surface area contributed by atoms with Gasteiger partial charge in [0.05, 0.1) is 11.2 Å². The molecule has 1 saturated heterocycles. The van der Waals surface area contributed by atoms with Crippen LogP contribution in [0, 0.1) is 0 Å². The molecule has 0 radical (unpaired) electrons. The second-order valence-corrected chi connectivity index (χ2v) is 8.02. The van der Waals surface area contributed by atoms with E-state index in [0.717, 1.165) is 58.4 Å². The largest absolute Gasteiger partial charge is 0.325 e. The van der Waals surface area contributed by atoms with Crippen molar-refractivity contribution < 1.29 is 4.79 Å². The van der Waals surface area contributed by atoms with Gasteiger partial charge in [-0.1, -0.05) is 0 Å². The van der Waals surface area contributed by atoms with Crippen molar-refractivity contribution in [1.29, 1.82) is 0 Å². The Labute approximate surface area is 157 Å². The van der Waals surface area contributed by atoms with Crippen LogP contribution in [0.1, 0.15) is 49.8 Å². The molecule has 0 bridgehead atoms. The Bertz CT molecular complexity index is 607. The van der Waals surface area contributed by atoms with Crippen molar-refractivity contribution >= 4 is 6.03 Å². The van der Waals surface area contributed by atoms with E-state index >= 15 is 0 Å². The Kier molecular flexibility index (Phi) is 5.87. The lowest BCUT2D eigenvalue weighted by atomic mass is 9.74. The number of carbonyl (C=O) groups is 1. The molecule has 1 spiro atoms. The van der Waals surface area contributed by atoms with Crippen molar-refractivity contribution in [3.8, 4) is 0 Å². The number of aromatic amines is 1. The van der Waals surface area contributed by atoms with Gasteiger partial charge in [-0.3, -0.25) is 5.10 Å². The quantitative estimate of drug-likeness (QED) is 0.777. The van der Waals surface area contributed by atoms with E-state index in [-0.39, 0.29) is 11.6 Å². The van der Waals surface area contributed by atoms with Crippen molar-refractivity contribution in [2.75, 3.05) is 47.3 Å². The number of rotatable bonds is 7. The summed E-state index contributed by atoms with van der Waals surface area (Å²) in [6.07, 6.45) is 6.42. The first kappa shape index (κ1) is 19.2. The van der Waals surface area contributed by atoms with Gasteiger partial charge in [-0.05, 0) is 46.7 Å². The summed E-state index contributed by atoms with van der Waals surface area (Å²) in [5.74, 6) is 0.499. The predicted molar refractivity (Wildman–Crippen MR) is 103 cm³/mol. The molecule has 1 aromatic heterocycles. The Balaban J connectivity index is 1.64. The molecule has 1 aromatic rings. The molecule has 3 rings (SSSR count). The molecule has 7 nitrogen and oxygen atoms in total. The molecule has 7 heteroatoms. The minimum absolute atomic E-state index is 0.0388. The summed E-state index contributed by atoms with van der Waals surface area (Å²) < 4.78 is 0. The number of carbonyl (C=O) groups excluding carboxylic acids is 1. The van der Waals surface area contributed by atoms with E-state index in [0.29, 0.717) is 5.92 Å². The lowest BCUT2D eigenvalue weighted by Crippen LogP contribution is -2.49. The predicted octanol–water partition coefficient (Wildman–Crippen LogP) is 1.84. The Morgan fingerprint density at radius 1 is 1.42 bits per heavy atom. The van der Waals surface area contributed by atoms with Crippen LogP contribution in [0.5, 0.6) is 0 Å².